The Balaban J connectivity index is 1.30. The number of halogens is 1. The lowest BCUT2D eigenvalue weighted by Crippen LogP contribution is -2.43. The molecule has 0 radical (unpaired) electrons. The highest BCUT2D eigenvalue weighted by atomic mass is 19.1. The second kappa shape index (κ2) is 8.46. The van der Waals surface area contributed by atoms with Crippen molar-refractivity contribution < 1.29 is 18.7 Å². The summed E-state index contributed by atoms with van der Waals surface area (Å²) in [5.41, 5.74) is 0.598. The fourth-order valence-electron chi connectivity index (χ4n) is 4.34. The molecule has 1 saturated heterocycles. The van der Waals surface area contributed by atoms with Crippen molar-refractivity contribution in [1.82, 2.24) is 10.2 Å². The van der Waals surface area contributed by atoms with E-state index in [4.69, 9.17) is 4.74 Å². The van der Waals surface area contributed by atoms with Gasteiger partial charge in [0.25, 0.3) is 5.91 Å². The van der Waals surface area contributed by atoms with E-state index in [1.807, 2.05) is 24.3 Å². The lowest BCUT2D eigenvalue weighted by molar-refractivity contribution is -0.123. The first-order valence-electron chi connectivity index (χ1n) is 10.5. The second-order valence-corrected chi connectivity index (χ2v) is 8.21. The molecule has 2 fully saturated rings. The molecule has 1 aliphatic carbocycles. The average Bonchev–Trinajstić information content (AvgIpc) is 3.60. The molecule has 2 aromatic carbocycles. The van der Waals surface area contributed by atoms with Crippen LogP contribution >= 0.6 is 0 Å². The number of ether oxygens (including phenoxy) is 1. The van der Waals surface area contributed by atoms with Crippen molar-refractivity contribution in [2.45, 2.75) is 31.1 Å². The van der Waals surface area contributed by atoms with E-state index in [9.17, 15) is 14.0 Å². The maximum absolute atomic E-state index is 13.9. The van der Waals surface area contributed by atoms with E-state index in [1.165, 1.54) is 12.1 Å². The van der Waals surface area contributed by atoms with Gasteiger partial charge in [0.1, 0.15) is 11.6 Å². The summed E-state index contributed by atoms with van der Waals surface area (Å²) >= 11 is 0. The number of rotatable bonds is 6. The molecule has 1 saturated carbocycles. The SMILES string of the molecule is COc1ccccc1C1(C(=O)NCC2CCN(C(=O)c3ccccc3F)CC2)CC1. The van der Waals surface area contributed by atoms with Gasteiger partial charge in [-0.3, -0.25) is 9.59 Å². The minimum atomic E-state index is -0.483. The molecule has 158 valence electrons. The molecular formula is C24H27FN2O3. The topological polar surface area (TPSA) is 58.6 Å². The number of hydrogen-bond acceptors (Lipinski definition) is 3. The number of methoxy groups -OCH3 is 1. The lowest BCUT2D eigenvalue weighted by Gasteiger charge is -2.32. The van der Waals surface area contributed by atoms with Crippen molar-refractivity contribution in [3.63, 3.8) is 0 Å². The van der Waals surface area contributed by atoms with Gasteiger partial charge in [-0.15, -0.1) is 0 Å². The Labute approximate surface area is 176 Å². The summed E-state index contributed by atoms with van der Waals surface area (Å²) in [6.07, 6.45) is 3.24. The van der Waals surface area contributed by atoms with E-state index in [0.717, 1.165) is 37.0 Å². The van der Waals surface area contributed by atoms with Gasteiger partial charge in [0.05, 0.1) is 18.1 Å². The molecule has 2 aromatic rings. The van der Waals surface area contributed by atoms with Crippen LogP contribution in [0, 0.1) is 11.7 Å². The second-order valence-electron chi connectivity index (χ2n) is 8.21. The number of amides is 2. The van der Waals surface area contributed by atoms with Crippen molar-refractivity contribution >= 4 is 11.8 Å². The fraction of sp³-hybridized carbons (Fsp3) is 0.417. The van der Waals surface area contributed by atoms with E-state index in [2.05, 4.69) is 5.32 Å². The Morgan fingerprint density at radius 3 is 2.43 bits per heavy atom. The van der Waals surface area contributed by atoms with Crippen LogP contribution in [0.4, 0.5) is 4.39 Å². The van der Waals surface area contributed by atoms with E-state index < -0.39 is 11.2 Å². The van der Waals surface area contributed by atoms with Crippen LogP contribution in [0.15, 0.2) is 48.5 Å². The zero-order valence-electron chi connectivity index (χ0n) is 17.2. The summed E-state index contributed by atoms with van der Waals surface area (Å²) < 4.78 is 19.3. The fourth-order valence-corrected chi connectivity index (χ4v) is 4.34. The third kappa shape index (κ3) is 3.91. The summed E-state index contributed by atoms with van der Waals surface area (Å²) in [5, 5.41) is 3.13. The molecule has 0 bridgehead atoms. The van der Waals surface area contributed by atoms with Gasteiger partial charge in [-0.1, -0.05) is 30.3 Å². The van der Waals surface area contributed by atoms with E-state index in [-0.39, 0.29) is 17.4 Å². The number of carbonyl (C=O) groups excluding carboxylic acids is 2. The lowest BCUT2D eigenvalue weighted by atomic mass is 9.92. The molecule has 2 aliphatic rings. The van der Waals surface area contributed by atoms with E-state index in [0.29, 0.717) is 25.6 Å². The molecule has 2 amide bonds. The van der Waals surface area contributed by atoms with Gasteiger partial charge in [0, 0.05) is 25.2 Å². The first-order chi connectivity index (χ1) is 14.5. The maximum Gasteiger partial charge on any atom is 0.256 e. The Bertz CT molecular complexity index is 934. The minimum Gasteiger partial charge on any atom is -0.496 e. The van der Waals surface area contributed by atoms with Gasteiger partial charge >= 0.3 is 0 Å². The summed E-state index contributed by atoms with van der Waals surface area (Å²) in [5.74, 6) is 0.376. The van der Waals surface area contributed by atoms with Crippen LogP contribution in [0.25, 0.3) is 0 Å². The number of hydrogen-bond donors (Lipinski definition) is 1. The van der Waals surface area contributed by atoms with Crippen LogP contribution in [-0.2, 0) is 10.2 Å². The molecule has 1 heterocycles. The molecule has 1 aliphatic heterocycles. The van der Waals surface area contributed by atoms with Crippen LogP contribution in [0.2, 0.25) is 0 Å². The molecule has 0 spiro atoms. The predicted octanol–water partition coefficient (Wildman–Crippen LogP) is 3.53. The third-order valence-electron chi connectivity index (χ3n) is 6.36. The van der Waals surface area contributed by atoms with Gasteiger partial charge < -0.3 is 15.0 Å². The number of likely N-dealkylation sites (tertiary alicyclic amines) is 1. The highest BCUT2D eigenvalue weighted by Crippen LogP contribution is 2.51. The van der Waals surface area contributed by atoms with Crippen LogP contribution < -0.4 is 10.1 Å². The Hall–Kier alpha value is -2.89. The largest absolute Gasteiger partial charge is 0.496 e. The summed E-state index contributed by atoms with van der Waals surface area (Å²) in [7, 11) is 1.63. The Kier molecular flexibility index (Phi) is 5.75. The van der Waals surface area contributed by atoms with Crippen molar-refractivity contribution in [1.29, 1.82) is 0 Å². The predicted molar refractivity (Wildman–Crippen MR) is 112 cm³/mol. The summed E-state index contributed by atoms with van der Waals surface area (Å²) in [4.78, 5) is 27.2. The minimum absolute atomic E-state index is 0.0527. The normalized spacial score (nSPS) is 18.0. The van der Waals surface area contributed by atoms with E-state index >= 15 is 0 Å². The number of nitrogens with one attached hydrogen (secondary N) is 1. The molecule has 5 nitrogen and oxygen atoms in total. The highest BCUT2D eigenvalue weighted by molar-refractivity contribution is 5.94. The average molecular weight is 410 g/mol. The van der Waals surface area contributed by atoms with Gasteiger partial charge in [-0.25, -0.2) is 4.39 Å². The Morgan fingerprint density at radius 1 is 1.10 bits per heavy atom. The molecule has 0 unspecified atom stereocenters. The molecule has 0 aromatic heterocycles. The number of carbonyl (C=O) groups is 2. The number of para-hydroxylation sites is 1. The standard InChI is InChI=1S/C24H27FN2O3/c1-30-21-9-5-3-7-19(21)24(12-13-24)23(29)26-16-17-10-14-27(15-11-17)22(28)18-6-2-4-8-20(18)25/h2-9,17H,10-16H2,1H3,(H,26,29). The highest BCUT2D eigenvalue weighted by Gasteiger charge is 2.52. The van der Waals surface area contributed by atoms with Crippen molar-refractivity contribution in [2.24, 2.45) is 5.92 Å². The van der Waals surface area contributed by atoms with E-state index in [1.54, 1.807) is 24.1 Å². The van der Waals surface area contributed by atoms with Crippen LogP contribution in [0.3, 0.4) is 0 Å². The first-order valence-corrected chi connectivity index (χ1v) is 10.5. The molecular weight excluding hydrogens is 383 g/mol. The molecule has 6 heteroatoms. The number of piperidine rings is 1. The number of benzene rings is 2. The Morgan fingerprint density at radius 2 is 1.77 bits per heavy atom. The van der Waals surface area contributed by atoms with Gasteiger partial charge in [0.2, 0.25) is 5.91 Å². The monoisotopic (exact) mass is 410 g/mol. The summed E-state index contributed by atoms with van der Waals surface area (Å²) in [6, 6.07) is 13.8. The van der Waals surface area contributed by atoms with Crippen LogP contribution in [0.5, 0.6) is 5.75 Å². The smallest absolute Gasteiger partial charge is 0.256 e. The number of nitrogens with zero attached hydrogens (tertiary/aromatic N) is 1. The zero-order valence-corrected chi connectivity index (χ0v) is 17.2. The quantitative estimate of drug-likeness (QED) is 0.793. The zero-order chi connectivity index (χ0) is 21.1. The van der Waals surface area contributed by atoms with Gasteiger partial charge in [0.15, 0.2) is 0 Å². The van der Waals surface area contributed by atoms with Crippen LogP contribution in [-0.4, -0.2) is 43.5 Å². The van der Waals surface area contributed by atoms with Crippen molar-refractivity contribution in [2.75, 3.05) is 26.7 Å². The third-order valence-corrected chi connectivity index (χ3v) is 6.36. The first kappa shape index (κ1) is 20.4. The summed E-state index contributed by atoms with van der Waals surface area (Å²) in [6.45, 7) is 1.74. The van der Waals surface area contributed by atoms with Gasteiger partial charge in [-0.2, -0.15) is 0 Å². The van der Waals surface area contributed by atoms with Crippen molar-refractivity contribution in [3.05, 3.63) is 65.5 Å². The van der Waals surface area contributed by atoms with Crippen LogP contribution in [0.1, 0.15) is 41.6 Å². The van der Waals surface area contributed by atoms with Gasteiger partial charge in [-0.05, 0) is 49.8 Å². The molecule has 0 atom stereocenters. The maximum atomic E-state index is 13.9. The molecule has 30 heavy (non-hydrogen) atoms. The molecule has 4 rings (SSSR count). The van der Waals surface area contributed by atoms with Crippen molar-refractivity contribution in [3.8, 4) is 5.75 Å². The molecule has 1 N–H and O–H groups in total.